The van der Waals surface area contributed by atoms with E-state index in [1.54, 1.807) is 0 Å². The van der Waals surface area contributed by atoms with Gasteiger partial charge in [0, 0.05) is 17.8 Å². The first kappa shape index (κ1) is 13.0. The van der Waals surface area contributed by atoms with E-state index in [0.29, 0.717) is 6.54 Å². The maximum atomic E-state index is 8.57. The van der Waals surface area contributed by atoms with Crippen LogP contribution in [0.4, 0.5) is 5.69 Å². The number of rotatable bonds is 5. The predicted octanol–water partition coefficient (Wildman–Crippen LogP) is 3.51. The summed E-state index contributed by atoms with van der Waals surface area (Å²) < 4.78 is 5.40. The van der Waals surface area contributed by atoms with Gasteiger partial charge < -0.3 is 10.1 Å². The summed E-state index contributed by atoms with van der Waals surface area (Å²) in [6, 6.07) is 17.9. The van der Waals surface area contributed by atoms with Gasteiger partial charge in [0.15, 0.2) is 6.61 Å². The van der Waals surface area contributed by atoms with Crippen LogP contribution in [0.5, 0.6) is 5.75 Å². The maximum Gasteiger partial charge on any atom is 0.174 e. The smallest absolute Gasteiger partial charge is 0.174 e. The Balaban J connectivity index is 2.05. The first-order valence-corrected chi connectivity index (χ1v) is 6.18. The van der Waals surface area contributed by atoms with E-state index in [0.717, 1.165) is 17.0 Å². The van der Waals surface area contributed by atoms with Crippen LogP contribution in [0.1, 0.15) is 11.1 Å². The number of anilines is 1. The van der Waals surface area contributed by atoms with Gasteiger partial charge in [0.25, 0.3) is 0 Å². The average Bonchev–Trinajstić information content (AvgIpc) is 2.44. The van der Waals surface area contributed by atoms with Crippen LogP contribution in [0, 0.1) is 18.3 Å². The van der Waals surface area contributed by atoms with E-state index in [9.17, 15) is 0 Å². The number of nitriles is 1. The summed E-state index contributed by atoms with van der Waals surface area (Å²) in [5.41, 5.74) is 3.34. The number of nitrogens with one attached hydrogen (secondary N) is 1. The molecule has 3 heteroatoms. The number of para-hydroxylation sites is 1. The lowest BCUT2D eigenvalue weighted by Crippen LogP contribution is -2.03. The van der Waals surface area contributed by atoms with Crippen molar-refractivity contribution in [3.63, 3.8) is 0 Å². The molecule has 0 heterocycles. The van der Waals surface area contributed by atoms with E-state index in [2.05, 4.69) is 24.4 Å². The fourth-order valence-electron chi connectivity index (χ4n) is 1.85. The molecule has 0 aliphatic heterocycles. The van der Waals surface area contributed by atoms with E-state index in [-0.39, 0.29) is 6.61 Å². The molecule has 0 atom stereocenters. The molecular weight excluding hydrogens is 236 g/mol. The molecule has 2 rings (SSSR count). The first-order valence-electron chi connectivity index (χ1n) is 6.18. The molecule has 3 nitrogen and oxygen atoms in total. The maximum absolute atomic E-state index is 8.57. The van der Waals surface area contributed by atoms with E-state index in [1.165, 1.54) is 5.56 Å². The molecule has 19 heavy (non-hydrogen) atoms. The Hall–Kier alpha value is -2.47. The molecule has 2 aromatic rings. The van der Waals surface area contributed by atoms with Crippen molar-refractivity contribution >= 4 is 5.69 Å². The quantitative estimate of drug-likeness (QED) is 0.885. The van der Waals surface area contributed by atoms with Crippen LogP contribution in [0.3, 0.4) is 0 Å². The Kier molecular flexibility index (Phi) is 4.41. The lowest BCUT2D eigenvalue weighted by Gasteiger charge is -2.11. The van der Waals surface area contributed by atoms with Gasteiger partial charge in [0.2, 0.25) is 0 Å². The fourth-order valence-corrected chi connectivity index (χ4v) is 1.85. The van der Waals surface area contributed by atoms with Crippen LogP contribution in [0.2, 0.25) is 0 Å². The molecule has 0 unspecified atom stereocenters. The minimum atomic E-state index is 0.0709. The molecule has 0 saturated heterocycles. The fraction of sp³-hybridized carbons (Fsp3) is 0.188. The SMILES string of the molecule is Cc1cccc(NCc2ccccc2OCC#N)c1. The van der Waals surface area contributed by atoms with Crippen LogP contribution in [-0.4, -0.2) is 6.61 Å². The lowest BCUT2D eigenvalue weighted by atomic mass is 10.2. The molecule has 0 bridgehead atoms. The van der Waals surface area contributed by atoms with Crippen molar-refractivity contribution in [2.24, 2.45) is 0 Å². The topological polar surface area (TPSA) is 45.0 Å². The highest BCUT2D eigenvalue weighted by Crippen LogP contribution is 2.19. The van der Waals surface area contributed by atoms with Crippen molar-refractivity contribution in [1.82, 2.24) is 0 Å². The number of hydrogen-bond acceptors (Lipinski definition) is 3. The van der Waals surface area contributed by atoms with Crippen molar-refractivity contribution in [3.05, 3.63) is 59.7 Å². The summed E-state index contributed by atoms with van der Waals surface area (Å²) in [5.74, 6) is 0.754. The number of aryl methyl sites for hydroxylation is 1. The summed E-state index contributed by atoms with van der Waals surface area (Å²) in [7, 11) is 0. The number of nitrogens with zero attached hydrogens (tertiary/aromatic N) is 1. The molecule has 0 aliphatic carbocycles. The molecule has 0 fully saturated rings. The van der Waals surface area contributed by atoms with Crippen LogP contribution in [0.25, 0.3) is 0 Å². The Morgan fingerprint density at radius 2 is 2.00 bits per heavy atom. The molecule has 0 aromatic heterocycles. The van der Waals surface area contributed by atoms with Crippen molar-refractivity contribution < 1.29 is 4.74 Å². The zero-order chi connectivity index (χ0) is 13.5. The first-order chi connectivity index (χ1) is 9.29. The van der Waals surface area contributed by atoms with Gasteiger partial charge in [-0.3, -0.25) is 0 Å². The van der Waals surface area contributed by atoms with Gasteiger partial charge in [0.1, 0.15) is 11.8 Å². The van der Waals surface area contributed by atoms with Gasteiger partial charge in [-0.05, 0) is 30.7 Å². The van der Waals surface area contributed by atoms with Gasteiger partial charge in [-0.25, -0.2) is 0 Å². The second-order valence-electron chi connectivity index (χ2n) is 4.28. The molecular formula is C16H16N2O. The van der Waals surface area contributed by atoms with Crippen LogP contribution in [0.15, 0.2) is 48.5 Å². The van der Waals surface area contributed by atoms with Gasteiger partial charge in [-0.2, -0.15) is 5.26 Å². The lowest BCUT2D eigenvalue weighted by molar-refractivity contribution is 0.364. The standard InChI is InChI=1S/C16H16N2O/c1-13-5-4-7-15(11-13)18-12-14-6-2-3-8-16(14)19-10-9-17/h2-8,11,18H,10,12H2,1H3. The van der Waals surface area contributed by atoms with Crippen molar-refractivity contribution in [3.8, 4) is 11.8 Å². The van der Waals surface area contributed by atoms with Crippen LogP contribution in [-0.2, 0) is 6.54 Å². The van der Waals surface area contributed by atoms with Crippen LogP contribution >= 0.6 is 0 Å². The van der Waals surface area contributed by atoms with Gasteiger partial charge in [-0.1, -0.05) is 30.3 Å². The zero-order valence-electron chi connectivity index (χ0n) is 10.9. The third-order valence-electron chi connectivity index (χ3n) is 2.77. The molecule has 0 saturated carbocycles. The van der Waals surface area contributed by atoms with Gasteiger partial charge in [0.05, 0.1) is 0 Å². The number of ether oxygens (including phenoxy) is 1. The Morgan fingerprint density at radius 3 is 2.79 bits per heavy atom. The predicted molar refractivity (Wildman–Crippen MR) is 76.1 cm³/mol. The molecule has 2 aromatic carbocycles. The normalized spacial score (nSPS) is 9.68. The Bertz CT molecular complexity index is 587. The van der Waals surface area contributed by atoms with E-state index in [4.69, 9.17) is 10.00 Å². The van der Waals surface area contributed by atoms with Gasteiger partial charge >= 0.3 is 0 Å². The molecule has 0 amide bonds. The third kappa shape index (κ3) is 3.75. The van der Waals surface area contributed by atoms with E-state index in [1.807, 2.05) is 42.5 Å². The summed E-state index contributed by atoms with van der Waals surface area (Å²) in [6.45, 7) is 2.81. The highest BCUT2D eigenvalue weighted by molar-refractivity contribution is 5.47. The summed E-state index contributed by atoms with van der Waals surface area (Å²) in [4.78, 5) is 0. The second-order valence-corrected chi connectivity index (χ2v) is 4.28. The molecule has 1 N–H and O–H groups in total. The summed E-state index contributed by atoms with van der Waals surface area (Å²) in [5, 5.41) is 11.9. The highest BCUT2D eigenvalue weighted by atomic mass is 16.5. The third-order valence-corrected chi connectivity index (χ3v) is 2.77. The monoisotopic (exact) mass is 252 g/mol. The Morgan fingerprint density at radius 1 is 1.16 bits per heavy atom. The molecule has 96 valence electrons. The number of benzene rings is 2. The largest absolute Gasteiger partial charge is 0.478 e. The van der Waals surface area contributed by atoms with Crippen LogP contribution < -0.4 is 10.1 Å². The molecule has 0 radical (unpaired) electrons. The minimum Gasteiger partial charge on any atom is -0.478 e. The molecule has 0 aliphatic rings. The van der Waals surface area contributed by atoms with E-state index < -0.39 is 0 Å². The zero-order valence-corrected chi connectivity index (χ0v) is 10.9. The van der Waals surface area contributed by atoms with Crippen molar-refractivity contribution in [2.45, 2.75) is 13.5 Å². The molecule has 0 spiro atoms. The highest BCUT2D eigenvalue weighted by Gasteiger charge is 2.02. The average molecular weight is 252 g/mol. The van der Waals surface area contributed by atoms with Crippen molar-refractivity contribution in [1.29, 1.82) is 5.26 Å². The number of hydrogen-bond donors (Lipinski definition) is 1. The van der Waals surface area contributed by atoms with E-state index >= 15 is 0 Å². The second kappa shape index (κ2) is 6.46. The van der Waals surface area contributed by atoms with Crippen molar-refractivity contribution in [2.75, 3.05) is 11.9 Å². The Labute approximate surface area is 113 Å². The summed E-state index contributed by atoms with van der Waals surface area (Å²) in [6.07, 6.45) is 0. The van der Waals surface area contributed by atoms with Gasteiger partial charge in [-0.15, -0.1) is 0 Å². The summed E-state index contributed by atoms with van der Waals surface area (Å²) >= 11 is 0. The minimum absolute atomic E-state index is 0.0709.